The van der Waals surface area contributed by atoms with E-state index < -0.39 is 5.41 Å². The molecule has 0 amide bonds. The van der Waals surface area contributed by atoms with Crippen molar-refractivity contribution in [1.82, 2.24) is 5.32 Å². The molecule has 2 aromatic rings. The number of ether oxygens (including phenoxy) is 4. The Hall–Kier alpha value is -2.91. The number of rotatable bonds is 13. The van der Waals surface area contributed by atoms with Gasteiger partial charge in [-0.05, 0) is 55.1 Å². The largest absolute Gasteiger partial charge is 0.493 e. The molecule has 0 aliphatic rings. The van der Waals surface area contributed by atoms with E-state index in [0.29, 0.717) is 30.3 Å². The minimum Gasteiger partial charge on any atom is -0.493 e. The number of nitrogens with one attached hydrogen (secondary N) is 1. The number of para-hydroxylation sites is 1. The lowest BCUT2D eigenvalue weighted by molar-refractivity contribution is 0.307. The van der Waals surface area contributed by atoms with E-state index in [2.05, 4.69) is 25.2 Å². The molecule has 0 heterocycles. The number of benzene rings is 2. The van der Waals surface area contributed by atoms with Crippen molar-refractivity contribution in [3.63, 3.8) is 0 Å². The Balaban J connectivity index is 2.02. The lowest BCUT2D eigenvalue weighted by Crippen LogP contribution is -2.32. The van der Waals surface area contributed by atoms with Crippen molar-refractivity contribution in [2.45, 2.75) is 32.1 Å². The van der Waals surface area contributed by atoms with Gasteiger partial charge in [-0.2, -0.15) is 5.26 Å². The van der Waals surface area contributed by atoms with E-state index in [9.17, 15) is 5.26 Å². The van der Waals surface area contributed by atoms with Gasteiger partial charge < -0.3 is 24.3 Å². The fraction of sp³-hybridized carbons (Fsp3) is 0.480. The summed E-state index contributed by atoms with van der Waals surface area (Å²) in [6.07, 6.45) is 1.57. The Morgan fingerprint density at radius 2 is 1.61 bits per heavy atom. The molecule has 0 saturated heterocycles. The molecule has 0 aliphatic heterocycles. The lowest BCUT2D eigenvalue weighted by Gasteiger charge is -2.32. The van der Waals surface area contributed by atoms with Crippen LogP contribution in [0.2, 0.25) is 0 Å². The van der Waals surface area contributed by atoms with Gasteiger partial charge in [0.15, 0.2) is 11.5 Å². The molecule has 6 heteroatoms. The van der Waals surface area contributed by atoms with Gasteiger partial charge in [0.1, 0.15) is 12.4 Å². The van der Waals surface area contributed by atoms with Crippen LogP contribution >= 0.6 is 0 Å². The molecule has 2 rings (SSSR count). The minimum absolute atomic E-state index is 0.113. The van der Waals surface area contributed by atoms with E-state index in [-0.39, 0.29) is 5.92 Å². The molecule has 168 valence electrons. The van der Waals surface area contributed by atoms with Gasteiger partial charge in [-0.25, -0.2) is 0 Å². The standard InChI is InChI=1S/C25H34N2O4/c1-19(2)25(18-26,20-16-22(28-3)24(30-5)23(17-20)29-4)12-9-13-27-14-15-31-21-10-7-6-8-11-21/h6-8,10-11,16-17,19,27H,9,12-15H2,1-5H3. The van der Waals surface area contributed by atoms with Gasteiger partial charge >= 0.3 is 0 Å². The Kier molecular flexibility index (Phi) is 9.48. The van der Waals surface area contributed by atoms with Crippen molar-refractivity contribution >= 4 is 0 Å². The number of nitriles is 1. The lowest BCUT2D eigenvalue weighted by atomic mass is 9.69. The fourth-order valence-corrected chi connectivity index (χ4v) is 3.73. The number of hydrogen-bond donors (Lipinski definition) is 1. The first-order valence-electron chi connectivity index (χ1n) is 10.6. The van der Waals surface area contributed by atoms with Gasteiger partial charge in [-0.3, -0.25) is 0 Å². The summed E-state index contributed by atoms with van der Waals surface area (Å²) in [5.74, 6) is 2.64. The third kappa shape index (κ3) is 6.05. The maximum atomic E-state index is 10.2. The van der Waals surface area contributed by atoms with Gasteiger partial charge in [0, 0.05) is 6.54 Å². The molecule has 0 fully saturated rings. The first-order valence-corrected chi connectivity index (χ1v) is 10.6. The van der Waals surface area contributed by atoms with E-state index >= 15 is 0 Å². The van der Waals surface area contributed by atoms with Crippen molar-refractivity contribution in [3.05, 3.63) is 48.0 Å². The number of methoxy groups -OCH3 is 3. The normalized spacial score (nSPS) is 12.7. The van der Waals surface area contributed by atoms with E-state index in [1.807, 2.05) is 42.5 Å². The minimum atomic E-state index is -0.658. The number of nitrogens with zero attached hydrogens (tertiary/aromatic N) is 1. The molecule has 1 N–H and O–H groups in total. The van der Waals surface area contributed by atoms with Crippen LogP contribution in [0.15, 0.2) is 42.5 Å². The SMILES string of the molecule is COc1cc(C(C#N)(CCCNCCOc2ccccc2)C(C)C)cc(OC)c1OC. The molecule has 0 aromatic heterocycles. The van der Waals surface area contributed by atoms with Crippen LogP contribution in [0.25, 0.3) is 0 Å². The third-order valence-corrected chi connectivity index (χ3v) is 5.58. The van der Waals surface area contributed by atoms with Crippen molar-refractivity contribution in [3.8, 4) is 29.1 Å². The van der Waals surface area contributed by atoms with Crippen LogP contribution in [-0.4, -0.2) is 41.0 Å². The Bertz CT molecular complexity index is 823. The molecule has 2 aromatic carbocycles. The van der Waals surface area contributed by atoms with Crippen molar-refractivity contribution in [1.29, 1.82) is 5.26 Å². The van der Waals surface area contributed by atoms with Crippen LogP contribution in [0.4, 0.5) is 0 Å². The highest BCUT2D eigenvalue weighted by Gasteiger charge is 2.37. The van der Waals surface area contributed by atoms with Crippen LogP contribution in [0, 0.1) is 17.2 Å². The Morgan fingerprint density at radius 1 is 0.968 bits per heavy atom. The molecule has 1 unspecified atom stereocenters. The van der Waals surface area contributed by atoms with Crippen LogP contribution in [-0.2, 0) is 5.41 Å². The molecule has 1 atom stereocenters. The summed E-state index contributed by atoms with van der Waals surface area (Å²) >= 11 is 0. The first kappa shape index (κ1) is 24.4. The highest BCUT2D eigenvalue weighted by atomic mass is 16.5. The monoisotopic (exact) mass is 426 g/mol. The topological polar surface area (TPSA) is 72.7 Å². The maximum Gasteiger partial charge on any atom is 0.203 e. The molecule has 0 radical (unpaired) electrons. The summed E-state index contributed by atoms with van der Waals surface area (Å²) in [5.41, 5.74) is 0.224. The predicted molar refractivity (Wildman–Crippen MR) is 122 cm³/mol. The van der Waals surface area contributed by atoms with Gasteiger partial charge in [0.05, 0.1) is 32.8 Å². The second-order valence-corrected chi connectivity index (χ2v) is 7.67. The molecule has 0 spiro atoms. The zero-order chi connectivity index (χ0) is 22.7. The molecule has 6 nitrogen and oxygen atoms in total. The van der Waals surface area contributed by atoms with Crippen LogP contribution < -0.4 is 24.3 Å². The van der Waals surface area contributed by atoms with E-state index in [1.165, 1.54) is 0 Å². The molecule has 0 saturated carbocycles. The summed E-state index contributed by atoms with van der Waals surface area (Å²) < 4.78 is 22.1. The second-order valence-electron chi connectivity index (χ2n) is 7.67. The third-order valence-electron chi connectivity index (χ3n) is 5.58. The van der Waals surface area contributed by atoms with Crippen LogP contribution in [0.3, 0.4) is 0 Å². The Morgan fingerprint density at radius 3 is 2.13 bits per heavy atom. The summed E-state index contributed by atoms with van der Waals surface area (Å²) in [6, 6.07) is 16.2. The zero-order valence-electron chi connectivity index (χ0n) is 19.2. The Labute approximate surface area is 186 Å². The van der Waals surface area contributed by atoms with Crippen molar-refractivity contribution in [2.75, 3.05) is 41.0 Å². The molecule has 0 aliphatic carbocycles. The van der Waals surface area contributed by atoms with Gasteiger partial charge in [-0.1, -0.05) is 32.0 Å². The van der Waals surface area contributed by atoms with Crippen LogP contribution in [0.5, 0.6) is 23.0 Å². The maximum absolute atomic E-state index is 10.2. The summed E-state index contributed by atoms with van der Waals surface area (Å²) in [7, 11) is 4.76. The second kappa shape index (κ2) is 12.1. The smallest absolute Gasteiger partial charge is 0.203 e. The van der Waals surface area contributed by atoms with Crippen molar-refractivity contribution < 1.29 is 18.9 Å². The van der Waals surface area contributed by atoms with Gasteiger partial charge in [0.25, 0.3) is 0 Å². The fourth-order valence-electron chi connectivity index (χ4n) is 3.73. The highest BCUT2D eigenvalue weighted by molar-refractivity contribution is 5.56. The molecule has 31 heavy (non-hydrogen) atoms. The van der Waals surface area contributed by atoms with Gasteiger partial charge in [-0.15, -0.1) is 0 Å². The molecule has 0 bridgehead atoms. The van der Waals surface area contributed by atoms with Crippen molar-refractivity contribution in [2.24, 2.45) is 5.92 Å². The van der Waals surface area contributed by atoms with E-state index in [0.717, 1.165) is 30.8 Å². The predicted octanol–water partition coefficient (Wildman–Crippen LogP) is 4.58. The summed E-state index contributed by atoms with van der Waals surface area (Å²) in [5, 5.41) is 13.6. The highest BCUT2D eigenvalue weighted by Crippen LogP contribution is 2.45. The zero-order valence-corrected chi connectivity index (χ0v) is 19.2. The first-order chi connectivity index (χ1) is 15.0. The van der Waals surface area contributed by atoms with Crippen LogP contribution in [0.1, 0.15) is 32.3 Å². The summed E-state index contributed by atoms with van der Waals surface area (Å²) in [4.78, 5) is 0. The number of hydrogen-bond acceptors (Lipinski definition) is 6. The summed E-state index contributed by atoms with van der Waals surface area (Å²) in [6.45, 7) is 6.31. The average Bonchev–Trinajstić information content (AvgIpc) is 2.80. The average molecular weight is 427 g/mol. The quantitative estimate of drug-likeness (QED) is 0.473. The molecular weight excluding hydrogens is 392 g/mol. The van der Waals surface area contributed by atoms with Gasteiger partial charge in [0.2, 0.25) is 5.75 Å². The van der Waals surface area contributed by atoms with E-state index in [1.54, 1.807) is 21.3 Å². The van der Waals surface area contributed by atoms with E-state index in [4.69, 9.17) is 18.9 Å². The molecular formula is C25H34N2O4.